The van der Waals surface area contributed by atoms with Gasteiger partial charge in [-0.15, -0.1) is 0 Å². The maximum atomic E-state index is 12.6. The highest BCUT2D eigenvalue weighted by molar-refractivity contribution is 5.80. The van der Waals surface area contributed by atoms with Crippen molar-refractivity contribution >= 4 is 11.7 Å². The molecule has 0 bridgehead atoms. The molecule has 0 aliphatic rings. The van der Waals surface area contributed by atoms with E-state index in [-0.39, 0.29) is 0 Å². The number of unbranched alkanes of at least 4 members (excludes halogenated alkanes) is 41. The van der Waals surface area contributed by atoms with Crippen LogP contribution in [0.3, 0.4) is 0 Å². The predicted octanol–water partition coefficient (Wildman–Crippen LogP) is 16.8. The summed E-state index contributed by atoms with van der Waals surface area (Å²) < 4.78 is 0. The molecular weight excluding hydrogens is 831 g/mol. The fraction of sp³-hybridized carbons (Fsp3) is 0.933. The largest absolute Gasteiger partial charge is 0.394 e. The summed E-state index contributed by atoms with van der Waals surface area (Å²) in [6.07, 6.45) is 60.6. The molecule has 398 valence electrons. The van der Waals surface area contributed by atoms with Gasteiger partial charge in [0.15, 0.2) is 0 Å². The van der Waals surface area contributed by atoms with Crippen molar-refractivity contribution in [3.8, 4) is 0 Å². The van der Waals surface area contributed by atoms with Crippen LogP contribution in [0.15, 0.2) is 12.2 Å². The van der Waals surface area contributed by atoms with Crippen molar-refractivity contribution in [1.29, 1.82) is 0 Å². The first-order chi connectivity index (χ1) is 32.9. The normalized spacial score (nSPS) is 13.6. The van der Waals surface area contributed by atoms with Gasteiger partial charge in [0, 0.05) is 12.8 Å². The van der Waals surface area contributed by atoms with Gasteiger partial charge in [-0.3, -0.25) is 9.59 Å². The number of Topliss-reactive ketones (excluding diaryl/α,β-unsaturated/α-hetero) is 1. The Kier molecular flexibility index (Phi) is 53.0. The fourth-order valence-corrected chi connectivity index (χ4v) is 9.65. The quantitative estimate of drug-likeness (QED) is 0.0305. The van der Waals surface area contributed by atoms with E-state index in [4.69, 9.17) is 0 Å². The Morgan fingerprint density at radius 3 is 1.03 bits per heavy atom. The van der Waals surface area contributed by atoms with Gasteiger partial charge in [0.25, 0.3) is 0 Å². The van der Waals surface area contributed by atoms with Gasteiger partial charge in [-0.1, -0.05) is 276 Å². The average molecular weight is 949 g/mol. The lowest BCUT2D eigenvalue weighted by Crippen LogP contribution is -2.53. The Labute approximate surface area is 417 Å². The number of hydrogen-bond donors (Lipinski definition) is 5. The Hall–Kier alpha value is -1.28. The van der Waals surface area contributed by atoms with Crippen LogP contribution in [0.2, 0.25) is 0 Å². The zero-order valence-corrected chi connectivity index (χ0v) is 44.9. The summed E-state index contributed by atoms with van der Waals surface area (Å²) in [6, 6.07) is -1.01. The Balaban J connectivity index is 3.51. The molecule has 1 amide bonds. The number of hydrogen-bond acceptors (Lipinski definition) is 6. The Morgan fingerprint density at radius 1 is 0.388 bits per heavy atom. The second kappa shape index (κ2) is 54.1. The topological polar surface area (TPSA) is 127 Å². The molecule has 0 saturated carbocycles. The molecule has 67 heavy (non-hydrogen) atoms. The number of allylic oxidation sites excluding steroid dienone is 2. The van der Waals surface area contributed by atoms with Gasteiger partial charge in [-0.25, -0.2) is 0 Å². The van der Waals surface area contributed by atoms with Crippen LogP contribution in [0.5, 0.6) is 0 Å². The smallest absolute Gasteiger partial charge is 0.249 e. The van der Waals surface area contributed by atoms with E-state index in [0.29, 0.717) is 25.0 Å². The van der Waals surface area contributed by atoms with Gasteiger partial charge in [-0.05, 0) is 51.4 Å². The molecule has 2 unspecified atom stereocenters. The molecule has 0 saturated heterocycles. The van der Waals surface area contributed by atoms with E-state index in [1.54, 1.807) is 0 Å². The number of aliphatic hydroxyl groups is 4. The van der Waals surface area contributed by atoms with Crippen molar-refractivity contribution < 1.29 is 30.0 Å². The van der Waals surface area contributed by atoms with Crippen LogP contribution in [0.1, 0.15) is 328 Å². The molecular formula is C60H117NO6. The minimum absolute atomic E-state index is 0.358. The maximum Gasteiger partial charge on any atom is 0.249 e. The molecule has 0 heterocycles. The third-order valence-electron chi connectivity index (χ3n) is 14.4. The van der Waals surface area contributed by atoms with Gasteiger partial charge in [-0.2, -0.15) is 0 Å². The van der Waals surface area contributed by atoms with E-state index in [1.807, 2.05) is 0 Å². The number of amides is 1. The summed E-state index contributed by atoms with van der Waals surface area (Å²) in [7, 11) is 0. The number of rotatable bonds is 56. The summed E-state index contributed by atoms with van der Waals surface area (Å²) in [5.41, 5.74) is 0. The highest BCUT2D eigenvalue weighted by Crippen LogP contribution is 2.18. The first kappa shape index (κ1) is 65.7. The number of carbonyl (C=O) groups is 2. The molecule has 4 atom stereocenters. The summed E-state index contributed by atoms with van der Waals surface area (Å²) >= 11 is 0. The monoisotopic (exact) mass is 948 g/mol. The molecule has 0 fully saturated rings. The Morgan fingerprint density at radius 2 is 0.687 bits per heavy atom. The van der Waals surface area contributed by atoms with Crippen LogP contribution in [0.25, 0.3) is 0 Å². The van der Waals surface area contributed by atoms with Crippen LogP contribution >= 0.6 is 0 Å². The zero-order chi connectivity index (χ0) is 48.9. The lowest BCUT2D eigenvalue weighted by Gasteiger charge is -2.27. The third-order valence-corrected chi connectivity index (χ3v) is 14.4. The highest BCUT2D eigenvalue weighted by atomic mass is 16.3. The van der Waals surface area contributed by atoms with Crippen molar-refractivity contribution in [1.82, 2.24) is 5.32 Å². The molecule has 0 rings (SSSR count). The summed E-state index contributed by atoms with van der Waals surface area (Å²) in [4.78, 5) is 24.9. The van der Waals surface area contributed by atoms with Gasteiger partial charge < -0.3 is 25.7 Å². The van der Waals surface area contributed by atoms with E-state index >= 15 is 0 Å². The molecule has 0 aromatic heterocycles. The SMILES string of the molecule is CCCCCCCCC/C=C/CCCC(O)[C@@H](O)[C@H](CO)NC(=O)C(O)CCCCCCCCCCCCCCCCCCCCCC(=O)CCCCCCCCCCCCCCCCCC. The number of aliphatic hydroxyl groups excluding tert-OH is 4. The third kappa shape index (κ3) is 48.1. The minimum Gasteiger partial charge on any atom is -0.394 e. The Bertz CT molecular complexity index is 1040. The molecule has 0 aliphatic heterocycles. The molecule has 0 aliphatic carbocycles. The average Bonchev–Trinajstić information content (AvgIpc) is 3.33. The minimum atomic E-state index is -1.28. The van der Waals surface area contributed by atoms with E-state index in [1.165, 1.54) is 238 Å². The standard InChI is InChI=1S/C60H117NO6/c1-3-5-7-9-11-13-15-17-18-24-27-30-34-38-42-46-50-55(63)51-47-43-39-35-31-28-25-22-20-19-21-23-26-29-33-37-41-45-49-53-58(65)60(67)61-56(54-62)59(66)57(64)52-48-44-40-36-32-16-14-12-10-8-6-4-2/h36,40,56-59,62,64-66H,3-35,37-39,41-54H2,1-2H3,(H,61,67)/b40-36+/t56-,57?,58?,59-/m0/s1. The fourth-order valence-electron chi connectivity index (χ4n) is 9.65. The molecule has 0 spiro atoms. The molecule has 7 heteroatoms. The second-order valence-electron chi connectivity index (χ2n) is 21.0. The molecule has 5 N–H and O–H groups in total. The molecule has 7 nitrogen and oxygen atoms in total. The van der Waals surface area contributed by atoms with E-state index in [2.05, 4.69) is 31.3 Å². The highest BCUT2D eigenvalue weighted by Gasteiger charge is 2.28. The van der Waals surface area contributed by atoms with Crippen LogP contribution < -0.4 is 5.32 Å². The second-order valence-corrected chi connectivity index (χ2v) is 21.0. The summed E-state index contributed by atoms with van der Waals surface area (Å²) in [5.74, 6) is -0.0963. The van der Waals surface area contributed by atoms with E-state index in [9.17, 15) is 30.0 Å². The van der Waals surface area contributed by atoms with Crippen molar-refractivity contribution in [2.45, 2.75) is 353 Å². The molecule has 0 aromatic rings. The summed E-state index contributed by atoms with van der Waals surface area (Å²) in [5, 5.41) is 43.8. The van der Waals surface area contributed by atoms with Gasteiger partial charge in [0.1, 0.15) is 18.0 Å². The predicted molar refractivity (Wildman–Crippen MR) is 289 cm³/mol. The van der Waals surface area contributed by atoms with Crippen molar-refractivity contribution in [2.24, 2.45) is 0 Å². The van der Waals surface area contributed by atoms with Crippen LogP contribution in [-0.2, 0) is 9.59 Å². The van der Waals surface area contributed by atoms with Gasteiger partial charge >= 0.3 is 0 Å². The van der Waals surface area contributed by atoms with Crippen LogP contribution in [0.4, 0.5) is 0 Å². The van der Waals surface area contributed by atoms with E-state index < -0.39 is 36.9 Å². The van der Waals surface area contributed by atoms with Crippen molar-refractivity contribution in [3.63, 3.8) is 0 Å². The molecule has 0 radical (unpaired) electrons. The van der Waals surface area contributed by atoms with Gasteiger partial charge in [0.05, 0.1) is 18.8 Å². The first-order valence-corrected chi connectivity index (χ1v) is 30.0. The van der Waals surface area contributed by atoms with Crippen molar-refractivity contribution in [3.05, 3.63) is 12.2 Å². The van der Waals surface area contributed by atoms with Gasteiger partial charge in [0.2, 0.25) is 5.91 Å². The summed E-state index contributed by atoms with van der Waals surface area (Å²) in [6.45, 7) is 4.03. The molecule has 0 aromatic carbocycles. The number of ketones is 1. The zero-order valence-electron chi connectivity index (χ0n) is 44.9. The maximum absolute atomic E-state index is 12.6. The number of carbonyl (C=O) groups excluding carboxylic acids is 2. The first-order valence-electron chi connectivity index (χ1n) is 30.0. The van der Waals surface area contributed by atoms with E-state index in [0.717, 1.165) is 57.8 Å². The van der Waals surface area contributed by atoms with Crippen molar-refractivity contribution in [2.75, 3.05) is 6.61 Å². The lowest BCUT2D eigenvalue weighted by atomic mass is 10.00. The lowest BCUT2D eigenvalue weighted by molar-refractivity contribution is -0.132. The number of nitrogens with one attached hydrogen (secondary N) is 1. The van der Waals surface area contributed by atoms with Crippen LogP contribution in [-0.4, -0.2) is 63.1 Å². The van der Waals surface area contributed by atoms with Crippen LogP contribution in [0, 0.1) is 0 Å².